The van der Waals surface area contributed by atoms with Crippen LogP contribution in [0, 0.1) is 16.0 Å². The van der Waals surface area contributed by atoms with E-state index in [4.69, 9.17) is 5.73 Å². The topological polar surface area (TPSA) is 147 Å². The lowest BCUT2D eigenvalue weighted by atomic mass is 10.1. The van der Waals surface area contributed by atoms with Gasteiger partial charge < -0.3 is 26.2 Å². The van der Waals surface area contributed by atoms with E-state index in [1.54, 1.807) is 18.2 Å². The molecule has 11 heteroatoms. The predicted octanol–water partition coefficient (Wildman–Crippen LogP) is 3.75. The minimum atomic E-state index is -0.634. The second-order valence-corrected chi connectivity index (χ2v) is 9.40. The van der Waals surface area contributed by atoms with Gasteiger partial charge in [-0.15, -0.1) is 0 Å². The van der Waals surface area contributed by atoms with Gasteiger partial charge in [-0.05, 0) is 29.8 Å². The van der Waals surface area contributed by atoms with Gasteiger partial charge in [-0.1, -0.05) is 26.0 Å². The fraction of sp³-hybridized carbons (Fsp3) is 0.296. The van der Waals surface area contributed by atoms with Crippen LogP contribution in [0.1, 0.15) is 29.8 Å². The van der Waals surface area contributed by atoms with Gasteiger partial charge in [-0.2, -0.15) is 0 Å². The van der Waals surface area contributed by atoms with Crippen LogP contribution in [-0.2, 0) is 11.3 Å². The minimum Gasteiger partial charge on any atom is -0.380 e. The van der Waals surface area contributed by atoms with E-state index in [2.05, 4.69) is 20.5 Å². The van der Waals surface area contributed by atoms with Crippen LogP contribution in [0.3, 0.4) is 0 Å². The zero-order valence-corrected chi connectivity index (χ0v) is 21.4. The number of hydrogen-bond acceptors (Lipinski definition) is 8. The van der Waals surface area contributed by atoms with Crippen molar-refractivity contribution in [3.8, 4) is 0 Å². The number of carbonyl (C=O) groups excluding carboxylic acids is 2. The van der Waals surface area contributed by atoms with Crippen LogP contribution in [0.5, 0.6) is 0 Å². The first-order valence-corrected chi connectivity index (χ1v) is 12.4. The molecule has 0 spiro atoms. The number of primary amides is 1. The summed E-state index contributed by atoms with van der Waals surface area (Å²) in [4.78, 5) is 43.2. The molecule has 1 aliphatic rings. The highest BCUT2D eigenvalue weighted by atomic mass is 16.6. The lowest BCUT2D eigenvalue weighted by Gasteiger charge is -2.37. The maximum atomic E-state index is 12.2. The molecule has 0 unspecified atom stereocenters. The Morgan fingerprint density at radius 1 is 1.08 bits per heavy atom. The van der Waals surface area contributed by atoms with Crippen molar-refractivity contribution in [2.45, 2.75) is 20.4 Å². The number of aromatic nitrogens is 1. The summed E-state index contributed by atoms with van der Waals surface area (Å²) in [6.07, 6.45) is 1.40. The summed E-state index contributed by atoms with van der Waals surface area (Å²) in [7, 11) is 0. The highest BCUT2D eigenvalue weighted by Crippen LogP contribution is 2.25. The van der Waals surface area contributed by atoms with E-state index in [-0.39, 0.29) is 29.6 Å². The number of anilines is 4. The van der Waals surface area contributed by atoms with Crippen molar-refractivity contribution in [1.82, 2.24) is 9.88 Å². The van der Waals surface area contributed by atoms with Gasteiger partial charge in [-0.25, -0.2) is 4.98 Å². The minimum absolute atomic E-state index is 0.00746. The van der Waals surface area contributed by atoms with E-state index in [1.807, 2.05) is 43.0 Å². The number of piperazine rings is 1. The molecule has 2 heterocycles. The number of nitrogens with two attached hydrogens (primary N) is 1. The van der Waals surface area contributed by atoms with E-state index in [0.29, 0.717) is 30.2 Å². The fourth-order valence-corrected chi connectivity index (χ4v) is 4.30. The number of rotatable bonds is 9. The molecule has 1 aromatic heterocycles. The monoisotopic (exact) mass is 517 g/mol. The summed E-state index contributed by atoms with van der Waals surface area (Å²) in [5.74, 6) is 0.0706. The Hall–Kier alpha value is -4.67. The standard InChI is InChI=1S/C27H31N7O4/c1-18(2)27(36)33-12-10-32(11-13-33)21-8-6-20(7-9-21)31-25-15-24(23(17-30-25)26(28)35)29-16-19-4-3-5-22(14-19)34(37)38/h3-9,14-15,17-18H,10-13,16H2,1-2H3,(H2,28,35)(H2,29,30,31). The van der Waals surface area contributed by atoms with Crippen molar-refractivity contribution < 1.29 is 14.5 Å². The molecule has 2 amide bonds. The second-order valence-electron chi connectivity index (χ2n) is 9.40. The molecule has 0 saturated carbocycles. The zero-order chi connectivity index (χ0) is 27.2. The number of nitro groups is 1. The number of nitro benzene ring substituents is 1. The molecule has 0 aliphatic carbocycles. The first-order valence-electron chi connectivity index (χ1n) is 12.4. The number of carbonyl (C=O) groups is 2. The highest BCUT2D eigenvalue weighted by molar-refractivity contribution is 5.98. The van der Waals surface area contributed by atoms with Crippen molar-refractivity contribution in [2.75, 3.05) is 41.7 Å². The highest BCUT2D eigenvalue weighted by Gasteiger charge is 2.23. The molecule has 198 valence electrons. The molecule has 4 rings (SSSR count). The first-order chi connectivity index (χ1) is 18.2. The Bertz CT molecular complexity index is 1320. The molecule has 2 aromatic carbocycles. The summed E-state index contributed by atoms with van der Waals surface area (Å²) in [5.41, 5.74) is 8.76. The van der Waals surface area contributed by atoms with Crippen LogP contribution in [0.15, 0.2) is 60.8 Å². The normalized spacial score (nSPS) is 13.3. The van der Waals surface area contributed by atoms with E-state index < -0.39 is 10.8 Å². The number of pyridine rings is 1. The number of nitrogens with one attached hydrogen (secondary N) is 2. The molecule has 1 saturated heterocycles. The van der Waals surface area contributed by atoms with Gasteiger partial charge in [0.25, 0.3) is 11.6 Å². The van der Waals surface area contributed by atoms with Gasteiger partial charge in [0, 0.05) is 74.4 Å². The predicted molar refractivity (Wildman–Crippen MR) is 147 cm³/mol. The Balaban J connectivity index is 1.41. The molecule has 11 nitrogen and oxygen atoms in total. The smallest absolute Gasteiger partial charge is 0.269 e. The van der Waals surface area contributed by atoms with Gasteiger partial charge in [0.2, 0.25) is 5.91 Å². The van der Waals surface area contributed by atoms with Gasteiger partial charge in [0.05, 0.1) is 16.2 Å². The third-order valence-corrected chi connectivity index (χ3v) is 6.36. The van der Waals surface area contributed by atoms with Crippen molar-refractivity contribution in [1.29, 1.82) is 0 Å². The molecular formula is C27H31N7O4. The Labute approximate surface area is 220 Å². The number of amides is 2. The van der Waals surface area contributed by atoms with Crippen molar-refractivity contribution in [3.63, 3.8) is 0 Å². The van der Waals surface area contributed by atoms with E-state index in [0.717, 1.165) is 24.5 Å². The maximum Gasteiger partial charge on any atom is 0.269 e. The molecule has 0 bridgehead atoms. The maximum absolute atomic E-state index is 12.2. The van der Waals surface area contributed by atoms with Gasteiger partial charge >= 0.3 is 0 Å². The second kappa shape index (κ2) is 11.6. The van der Waals surface area contributed by atoms with Gasteiger partial charge in [0.1, 0.15) is 5.82 Å². The first kappa shape index (κ1) is 26.4. The molecular weight excluding hydrogens is 486 g/mol. The van der Waals surface area contributed by atoms with Crippen LogP contribution in [0.2, 0.25) is 0 Å². The SMILES string of the molecule is CC(C)C(=O)N1CCN(c2ccc(Nc3cc(NCc4cccc([N+](=O)[O-])c4)c(C(N)=O)cn3)cc2)CC1. The van der Waals surface area contributed by atoms with Crippen LogP contribution in [0.25, 0.3) is 0 Å². The fourth-order valence-electron chi connectivity index (χ4n) is 4.30. The number of nitrogens with zero attached hydrogens (tertiary/aromatic N) is 4. The molecule has 1 aliphatic heterocycles. The molecule has 4 N–H and O–H groups in total. The average molecular weight is 518 g/mol. The summed E-state index contributed by atoms with van der Waals surface area (Å²) in [6, 6.07) is 15.9. The van der Waals surface area contributed by atoms with Crippen LogP contribution >= 0.6 is 0 Å². The Morgan fingerprint density at radius 2 is 1.79 bits per heavy atom. The van der Waals surface area contributed by atoms with Crippen molar-refractivity contribution in [3.05, 3.63) is 82.0 Å². The van der Waals surface area contributed by atoms with Crippen molar-refractivity contribution >= 4 is 40.4 Å². The number of non-ortho nitro benzene ring substituents is 1. The third-order valence-electron chi connectivity index (χ3n) is 6.36. The Kier molecular flexibility index (Phi) is 8.05. The van der Waals surface area contributed by atoms with Crippen LogP contribution < -0.4 is 21.3 Å². The number of hydrogen-bond donors (Lipinski definition) is 3. The lowest BCUT2D eigenvalue weighted by Crippen LogP contribution is -2.49. The summed E-state index contributed by atoms with van der Waals surface area (Å²) in [6.45, 7) is 7.08. The summed E-state index contributed by atoms with van der Waals surface area (Å²) >= 11 is 0. The van der Waals surface area contributed by atoms with E-state index in [9.17, 15) is 19.7 Å². The number of benzene rings is 2. The summed E-state index contributed by atoms with van der Waals surface area (Å²) < 4.78 is 0. The molecule has 0 radical (unpaired) electrons. The quantitative estimate of drug-likeness (QED) is 0.287. The van der Waals surface area contributed by atoms with Crippen LogP contribution in [-0.4, -0.2) is 52.8 Å². The average Bonchev–Trinajstić information content (AvgIpc) is 2.92. The molecule has 3 aromatic rings. The van der Waals surface area contributed by atoms with Crippen LogP contribution in [0.4, 0.5) is 28.6 Å². The molecule has 0 atom stereocenters. The van der Waals surface area contributed by atoms with Crippen molar-refractivity contribution in [2.24, 2.45) is 11.7 Å². The van der Waals surface area contributed by atoms with E-state index >= 15 is 0 Å². The third kappa shape index (κ3) is 6.36. The largest absolute Gasteiger partial charge is 0.380 e. The zero-order valence-electron chi connectivity index (χ0n) is 21.4. The Morgan fingerprint density at radius 3 is 2.42 bits per heavy atom. The summed E-state index contributed by atoms with van der Waals surface area (Å²) in [5, 5.41) is 17.4. The lowest BCUT2D eigenvalue weighted by molar-refractivity contribution is -0.384. The molecule has 1 fully saturated rings. The van der Waals surface area contributed by atoms with Gasteiger partial charge in [-0.3, -0.25) is 19.7 Å². The van der Waals surface area contributed by atoms with Gasteiger partial charge in [0.15, 0.2) is 0 Å². The van der Waals surface area contributed by atoms with E-state index in [1.165, 1.54) is 18.3 Å². The molecule has 38 heavy (non-hydrogen) atoms.